The molecule has 126 valence electrons. The molecule has 0 saturated carbocycles. The van der Waals surface area contributed by atoms with Gasteiger partial charge in [0.05, 0.1) is 0 Å². The van der Waals surface area contributed by atoms with Crippen molar-refractivity contribution in [2.24, 2.45) is 0 Å². The fraction of sp³-hybridized carbons (Fsp3) is 0.529. The molecule has 2 aliphatic heterocycles. The molecule has 0 unspecified atom stereocenters. The number of hydrogen-bond acceptors (Lipinski definition) is 5. The van der Waals surface area contributed by atoms with Crippen LogP contribution in [0.5, 0.6) is 0 Å². The molecule has 24 heavy (non-hydrogen) atoms. The van der Waals surface area contributed by atoms with Gasteiger partial charge in [0, 0.05) is 30.4 Å². The third kappa shape index (κ3) is 2.69. The molecule has 7 nitrogen and oxygen atoms in total. The quantitative estimate of drug-likeness (QED) is 0.852. The van der Waals surface area contributed by atoms with E-state index in [1.54, 1.807) is 29.3 Å². The first-order valence-electron chi connectivity index (χ1n) is 8.56. The minimum Gasteiger partial charge on any atom is -0.334 e. The van der Waals surface area contributed by atoms with E-state index in [0.29, 0.717) is 23.5 Å². The molecule has 0 aromatic carbocycles. The molecule has 2 aromatic rings. The fourth-order valence-electron chi connectivity index (χ4n) is 4.04. The molecular formula is C17H22N6O. The van der Waals surface area contributed by atoms with Gasteiger partial charge >= 0.3 is 0 Å². The molecule has 4 rings (SSSR count). The van der Waals surface area contributed by atoms with Crippen molar-refractivity contribution in [3.8, 4) is 5.82 Å². The zero-order valence-corrected chi connectivity index (χ0v) is 13.9. The topological polar surface area (TPSA) is 67.2 Å². The maximum atomic E-state index is 13.1. The Balaban J connectivity index is 1.58. The summed E-state index contributed by atoms with van der Waals surface area (Å²) < 4.78 is 1.57. The van der Waals surface area contributed by atoms with Crippen LogP contribution in [0.1, 0.15) is 36.0 Å². The first-order chi connectivity index (χ1) is 11.7. The number of rotatable bonds is 3. The van der Waals surface area contributed by atoms with Crippen molar-refractivity contribution in [1.29, 1.82) is 0 Å². The summed E-state index contributed by atoms with van der Waals surface area (Å²) in [5.41, 5.74) is 0.669. The number of nitrogens with zero attached hydrogens (tertiary/aromatic N) is 6. The molecule has 2 aromatic heterocycles. The highest BCUT2D eigenvalue weighted by Gasteiger charge is 2.38. The third-order valence-corrected chi connectivity index (χ3v) is 5.23. The minimum atomic E-state index is 0.0987. The Hall–Kier alpha value is -2.28. The van der Waals surface area contributed by atoms with E-state index in [-0.39, 0.29) is 5.91 Å². The highest BCUT2D eigenvalue weighted by Crippen LogP contribution is 2.30. The van der Waals surface area contributed by atoms with Crippen LogP contribution in [0.4, 0.5) is 0 Å². The van der Waals surface area contributed by atoms with Gasteiger partial charge in [-0.05, 0) is 51.4 Å². The SMILES string of the molecule is CN1CCC[C@H]1[C@@H]1CCCN1C(=O)c1ccnc(-n2cncn2)c1. The fourth-order valence-corrected chi connectivity index (χ4v) is 4.04. The van der Waals surface area contributed by atoms with Gasteiger partial charge in [-0.3, -0.25) is 4.79 Å². The zero-order chi connectivity index (χ0) is 16.5. The Morgan fingerprint density at radius 2 is 2.04 bits per heavy atom. The molecule has 4 heterocycles. The van der Waals surface area contributed by atoms with E-state index in [9.17, 15) is 4.79 Å². The van der Waals surface area contributed by atoms with Crippen molar-refractivity contribution in [3.63, 3.8) is 0 Å². The van der Waals surface area contributed by atoms with Crippen LogP contribution in [0.15, 0.2) is 31.0 Å². The molecule has 2 saturated heterocycles. The van der Waals surface area contributed by atoms with Gasteiger partial charge in [-0.1, -0.05) is 0 Å². The second-order valence-corrected chi connectivity index (χ2v) is 6.64. The average molecular weight is 326 g/mol. The van der Waals surface area contributed by atoms with E-state index in [1.807, 2.05) is 0 Å². The standard InChI is InChI=1S/C17H22N6O/c1-21-8-2-4-14(21)15-5-3-9-22(15)17(24)13-6-7-19-16(10-13)23-12-18-11-20-23/h6-7,10-12,14-15H,2-5,8-9H2,1H3/t14-,15-/m0/s1. The van der Waals surface area contributed by atoms with Crippen LogP contribution in [-0.4, -0.2) is 67.7 Å². The summed E-state index contributed by atoms with van der Waals surface area (Å²) in [6, 6.07) is 4.41. The van der Waals surface area contributed by atoms with Gasteiger partial charge in [0.25, 0.3) is 5.91 Å². The normalized spacial score (nSPS) is 24.6. The molecule has 2 aliphatic rings. The number of hydrogen-bond donors (Lipinski definition) is 0. The maximum Gasteiger partial charge on any atom is 0.254 e. The summed E-state index contributed by atoms with van der Waals surface area (Å²) in [6.07, 6.45) is 9.31. The van der Waals surface area contributed by atoms with Crippen molar-refractivity contribution in [2.45, 2.75) is 37.8 Å². The van der Waals surface area contributed by atoms with Crippen LogP contribution in [0.2, 0.25) is 0 Å². The monoisotopic (exact) mass is 326 g/mol. The summed E-state index contributed by atoms with van der Waals surface area (Å²) >= 11 is 0. The lowest BCUT2D eigenvalue weighted by Crippen LogP contribution is -2.47. The van der Waals surface area contributed by atoms with E-state index >= 15 is 0 Å². The van der Waals surface area contributed by atoms with Gasteiger partial charge in [0.15, 0.2) is 5.82 Å². The van der Waals surface area contributed by atoms with Crippen molar-refractivity contribution in [1.82, 2.24) is 29.5 Å². The highest BCUT2D eigenvalue weighted by molar-refractivity contribution is 5.95. The van der Waals surface area contributed by atoms with Gasteiger partial charge in [0.1, 0.15) is 12.7 Å². The summed E-state index contributed by atoms with van der Waals surface area (Å²) in [6.45, 7) is 1.98. The molecule has 0 bridgehead atoms. The molecule has 0 spiro atoms. The van der Waals surface area contributed by atoms with E-state index in [1.165, 1.54) is 19.2 Å². The number of likely N-dealkylation sites (tertiary alicyclic amines) is 2. The van der Waals surface area contributed by atoms with E-state index in [0.717, 1.165) is 25.9 Å². The number of pyridine rings is 1. The Morgan fingerprint density at radius 1 is 1.21 bits per heavy atom. The van der Waals surface area contributed by atoms with E-state index in [4.69, 9.17) is 0 Å². The number of carbonyl (C=O) groups excluding carboxylic acids is 1. The molecule has 0 aliphatic carbocycles. The molecule has 2 fully saturated rings. The van der Waals surface area contributed by atoms with Gasteiger partial charge in [-0.2, -0.15) is 5.10 Å². The summed E-state index contributed by atoms with van der Waals surface area (Å²) in [4.78, 5) is 25.8. The zero-order valence-electron chi connectivity index (χ0n) is 13.9. The van der Waals surface area contributed by atoms with Gasteiger partial charge in [-0.25, -0.2) is 14.6 Å². The predicted molar refractivity (Wildman–Crippen MR) is 88.9 cm³/mol. The lowest BCUT2D eigenvalue weighted by atomic mass is 10.0. The van der Waals surface area contributed by atoms with Crippen LogP contribution < -0.4 is 0 Å². The first kappa shape index (κ1) is 15.3. The van der Waals surface area contributed by atoms with Crippen molar-refractivity contribution in [3.05, 3.63) is 36.5 Å². The number of carbonyl (C=O) groups is 1. The Morgan fingerprint density at radius 3 is 2.79 bits per heavy atom. The molecule has 2 atom stereocenters. The van der Waals surface area contributed by atoms with Crippen LogP contribution >= 0.6 is 0 Å². The molecule has 1 amide bonds. The van der Waals surface area contributed by atoms with Crippen molar-refractivity contribution >= 4 is 5.91 Å². The largest absolute Gasteiger partial charge is 0.334 e. The molecule has 0 radical (unpaired) electrons. The Bertz CT molecular complexity index is 716. The smallest absolute Gasteiger partial charge is 0.254 e. The second kappa shape index (κ2) is 6.32. The number of amides is 1. The van der Waals surface area contributed by atoms with Crippen LogP contribution in [0, 0.1) is 0 Å². The van der Waals surface area contributed by atoms with Crippen molar-refractivity contribution < 1.29 is 4.79 Å². The lowest BCUT2D eigenvalue weighted by Gasteiger charge is -2.33. The Labute approximate surface area is 141 Å². The van der Waals surface area contributed by atoms with E-state index in [2.05, 4.69) is 31.9 Å². The van der Waals surface area contributed by atoms with Gasteiger partial charge < -0.3 is 9.80 Å². The Kier molecular flexibility index (Phi) is 4.02. The van der Waals surface area contributed by atoms with Crippen molar-refractivity contribution in [2.75, 3.05) is 20.1 Å². The second-order valence-electron chi connectivity index (χ2n) is 6.64. The lowest BCUT2D eigenvalue weighted by molar-refractivity contribution is 0.0664. The summed E-state index contributed by atoms with van der Waals surface area (Å²) in [7, 11) is 2.17. The summed E-state index contributed by atoms with van der Waals surface area (Å²) in [5.74, 6) is 0.716. The molecule has 7 heteroatoms. The van der Waals surface area contributed by atoms with Crippen LogP contribution in [0.3, 0.4) is 0 Å². The number of aromatic nitrogens is 4. The number of likely N-dealkylation sites (N-methyl/N-ethyl adjacent to an activating group) is 1. The molecular weight excluding hydrogens is 304 g/mol. The third-order valence-electron chi connectivity index (χ3n) is 5.23. The van der Waals surface area contributed by atoms with Gasteiger partial charge in [0.2, 0.25) is 0 Å². The first-order valence-corrected chi connectivity index (χ1v) is 8.56. The minimum absolute atomic E-state index is 0.0987. The van der Waals surface area contributed by atoms with Crippen LogP contribution in [0.25, 0.3) is 5.82 Å². The average Bonchev–Trinajstić information content (AvgIpc) is 3.35. The van der Waals surface area contributed by atoms with E-state index < -0.39 is 0 Å². The maximum absolute atomic E-state index is 13.1. The summed E-state index contributed by atoms with van der Waals surface area (Å²) in [5, 5.41) is 4.08. The predicted octanol–water partition coefficient (Wildman–Crippen LogP) is 1.36. The molecule has 0 N–H and O–H groups in total. The van der Waals surface area contributed by atoms with Crippen LogP contribution in [-0.2, 0) is 0 Å². The highest BCUT2D eigenvalue weighted by atomic mass is 16.2. The van der Waals surface area contributed by atoms with Gasteiger partial charge in [-0.15, -0.1) is 0 Å².